The van der Waals surface area contributed by atoms with Crippen molar-refractivity contribution in [2.45, 2.75) is 45.2 Å². The van der Waals surface area contributed by atoms with Gasteiger partial charge in [-0.1, -0.05) is 6.92 Å². The van der Waals surface area contributed by atoms with Crippen LogP contribution in [0.5, 0.6) is 0 Å². The van der Waals surface area contributed by atoms with Crippen LogP contribution in [0.3, 0.4) is 0 Å². The molecule has 1 aliphatic heterocycles. The molecule has 1 unspecified atom stereocenters. The summed E-state index contributed by atoms with van der Waals surface area (Å²) in [6.07, 6.45) is 8.82. The van der Waals surface area contributed by atoms with Crippen molar-refractivity contribution in [2.75, 3.05) is 30.4 Å². The summed E-state index contributed by atoms with van der Waals surface area (Å²) < 4.78 is 2.24. The summed E-state index contributed by atoms with van der Waals surface area (Å²) >= 11 is 0. The third-order valence-electron chi connectivity index (χ3n) is 6.50. The summed E-state index contributed by atoms with van der Waals surface area (Å²) in [6, 6.07) is 6.86. The first-order valence-corrected chi connectivity index (χ1v) is 11.3. The Morgan fingerprint density at radius 3 is 2.66 bits per heavy atom. The number of hydrogen-bond donors (Lipinski definition) is 2. The molecule has 1 aliphatic rings. The van der Waals surface area contributed by atoms with Crippen molar-refractivity contribution in [1.29, 1.82) is 0 Å². The van der Waals surface area contributed by atoms with E-state index in [1.54, 1.807) is 0 Å². The second-order valence-electron chi connectivity index (χ2n) is 8.40. The Morgan fingerprint density at radius 2 is 1.94 bits per heavy atom. The van der Waals surface area contributed by atoms with E-state index in [2.05, 4.69) is 54.1 Å². The highest BCUT2D eigenvalue weighted by Crippen LogP contribution is 2.31. The van der Waals surface area contributed by atoms with Crippen molar-refractivity contribution in [2.24, 2.45) is 0 Å². The highest BCUT2D eigenvalue weighted by Gasteiger charge is 2.19. The molecule has 9 nitrogen and oxygen atoms in total. The maximum atomic E-state index is 4.83. The first kappa shape index (κ1) is 20.6. The van der Waals surface area contributed by atoms with Gasteiger partial charge in [0.15, 0.2) is 11.6 Å². The second-order valence-corrected chi connectivity index (χ2v) is 8.40. The largest absolute Gasteiger partial charge is 0.355 e. The minimum Gasteiger partial charge on any atom is -0.355 e. The molecule has 0 radical (unpaired) electrons. The normalized spacial score (nSPS) is 16.0. The fourth-order valence-electron chi connectivity index (χ4n) is 4.43. The lowest BCUT2D eigenvalue weighted by Gasteiger charge is -2.32. The third kappa shape index (κ3) is 3.73. The fraction of sp³-hybridized carbons (Fsp3) is 0.435. The Bertz CT molecular complexity index is 1210. The zero-order valence-corrected chi connectivity index (χ0v) is 18.8. The van der Waals surface area contributed by atoms with Gasteiger partial charge in [-0.2, -0.15) is 4.98 Å². The van der Waals surface area contributed by atoms with Crippen LogP contribution in [0.4, 0.5) is 17.6 Å². The molecule has 1 atom stereocenters. The molecule has 4 aromatic rings. The van der Waals surface area contributed by atoms with Crippen LogP contribution in [0, 0.1) is 0 Å². The Morgan fingerprint density at radius 1 is 1.09 bits per heavy atom. The molecule has 4 aromatic heterocycles. The predicted octanol–water partition coefficient (Wildman–Crippen LogP) is 3.67. The van der Waals surface area contributed by atoms with Crippen molar-refractivity contribution < 1.29 is 0 Å². The van der Waals surface area contributed by atoms with Crippen LogP contribution >= 0.6 is 0 Å². The topological polar surface area (TPSA) is 96.7 Å². The zero-order valence-electron chi connectivity index (χ0n) is 18.8. The van der Waals surface area contributed by atoms with Gasteiger partial charge in [0, 0.05) is 48.3 Å². The Balaban J connectivity index is 1.40. The number of aromatic nitrogens is 6. The molecule has 0 spiro atoms. The third-order valence-corrected chi connectivity index (χ3v) is 6.50. The zero-order chi connectivity index (χ0) is 22.1. The van der Waals surface area contributed by atoms with Crippen molar-refractivity contribution in [1.82, 2.24) is 35.0 Å². The molecule has 166 valence electrons. The molecular formula is C23H29N9. The standard InChI is InChI=1S/C23H29N9/c1-4-15(2)32-19-14-25-10-7-17(19)18-13-26-23(28-22(18)32)27-20-5-6-21(30-29-20)31-11-8-16(24-3)9-12-31/h5-7,10,13-16,24H,4,8-9,11-12H2,1-3H3,(H,26,27,28,29). The lowest BCUT2D eigenvalue weighted by Crippen LogP contribution is -2.41. The molecule has 2 N–H and O–H groups in total. The molecular weight excluding hydrogens is 402 g/mol. The SMILES string of the molecule is CCC(C)n1c2cnccc2c2cnc(Nc3ccc(N4CCC(NC)CC4)nn3)nc21. The summed E-state index contributed by atoms with van der Waals surface area (Å²) in [4.78, 5) is 16.0. The van der Waals surface area contributed by atoms with Crippen molar-refractivity contribution in [3.63, 3.8) is 0 Å². The number of nitrogens with zero attached hydrogens (tertiary/aromatic N) is 7. The van der Waals surface area contributed by atoms with Crippen molar-refractivity contribution >= 4 is 39.5 Å². The van der Waals surface area contributed by atoms with E-state index in [0.29, 0.717) is 23.8 Å². The van der Waals surface area contributed by atoms with Gasteiger partial charge in [0.1, 0.15) is 5.65 Å². The molecule has 1 fully saturated rings. The van der Waals surface area contributed by atoms with E-state index in [1.165, 1.54) is 0 Å². The molecule has 0 saturated carbocycles. The fourth-order valence-corrected chi connectivity index (χ4v) is 4.43. The Labute approximate surface area is 187 Å². The maximum Gasteiger partial charge on any atom is 0.230 e. The molecule has 9 heteroatoms. The van der Waals surface area contributed by atoms with Gasteiger partial charge < -0.3 is 20.1 Å². The highest BCUT2D eigenvalue weighted by molar-refractivity contribution is 6.06. The molecule has 5 rings (SSSR count). The maximum absolute atomic E-state index is 4.83. The van der Waals surface area contributed by atoms with Crippen LogP contribution in [-0.4, -0.2) is 55.9 Å². The van der Waals surface area contributed by atoms with E-state index in [0.717, 1.165) is 60.1 Å². The molecule has 0 aromatic carbocycles. The van der Waals surface area contributed by atoms with Gasteiger partial charge in [0.25, 0.3) is 0 Å². The van der Waals surface area contributed by atoms with Crippen LogP contribution < -0.4 is 15.5 Å². The summed E-state index contributed by atoms with van der Waals surface area (Å²) in [5, 5.41) is 17.5. The van der Waals surface area contributed by atoms with E-state index in [4.69, 9.17) is 4.98 Å². The van der Waals surface area contributed by atoms with E-state index < -0.39 is 0 Å². The number of fused-ring (bicyclic) bond motifs is 3. The monoisotopic (exact) mass is 431 g/mol. The summed E-state index contributed by atoms with van der Waals surface area (Å²) in [7, 11) is 2.03. The summed E-state index contributed by atoms with van der Waals surface area (Å²) in [6.45, 7) is 6.35. The molecule has 0 amide bonds. The number of pyridine rings is 1. The molecule has 5 heterocycles. The van der Waals surface area contributed by atoms with Crippen LogP contribution in [0.1, 0.15) is 39.2 Å². The molecule has 0 bridgehead atoms. The number of anilines is 3. The minimum absolute atomic E-state index is 0.299. The van der Waals surface area contributed by atoms with Gasteiger partial charge in [-0.05, 0) is 51.4 Å². The first-order chi connectivity index (χ1) is 15.7. The number of piperidine rings is 1. The molecule has 1 saturated heterocycles. The van der Waals surface area contributed by atoms with Gasteiger partial charge in [0.05, 0.1) is 11.7 Å². The van der Waals surface area contributed by atoms with E-state index in [9.17, 15) is 0 Å². The van der Waals surface area contributed by atoms with Crippen molar-refractivity contribution in [3.05, 3.63) is 36.8 Å². The van der Waals surface area contributed by atoms with Crippen LogP contribution in [0.25, 0.3) is 21.9 Å². The van der Waals surface area contributed by atoms with Crippen molar-refractivity contribution in [3.8, 4) is 0 Å². The average molecular weight is 432 g/mol. The second kappa shape index (κ2) is 8.66. The predicted molar refractivity (Wildman–Crippen MR) is 127 cm³/mol. The highest BCUT2D eigenvalue weighted by atomic mass is 15.3. The quantitative estimate of drug-likeness (QED) is 0.477. The first-order valence-electron chi connectivity index (χ1n) is 11.3. The summed E-state index contributed by atoms with van der Waals surface area (Å²) in [5.74, 6) is 2.05. The van der Waals surface area contributed by atoms with Crippen LogP contribution in [0.15, 0.2) is 36.8 Å². The van der Waals surface area contributed by atoms with Crippen LogP contribution in [0.2, 0.25) is 0 Å². The number of rotatable bonds is 6. The number of nitrogens with one attached hydrogen (secondary N) is 2. The van der Waals surface area contributed by atoms with Gasteiger partial charge in [0.2, 0.25) is 5.95 Å². The number of hydrogen-bond acceptors (Lipinski definition) is 8. The smallest absolute Gasteiger partial charge is 0.230 e. The van der Waals surface area contributed by atoms with E-state index in [1.807, 2.05) is 43.8 Å². The van der Waals surface area contributed by atoms with Gasteiger partial charge >= 0.3 is 0 Å². The molecule has 0 aliphatic carbocycles. The summed E-state index contributed by atoms with van der Waals surface area (Å²) in [5.41, 5.74) is 1.98. The van der Waals surface area contributed by atoms with Crippen LogP contribution in [-0.2, 0) is 0 Å². The van der Waals surface area contributed by atoms with E-state index in [-0.39, 0.29) is 0 Å². The minimum atomic E-state index is 0.299. The van der Waals surface area contributed by atoms with E-state index >= 15 is 0 Å². The molecule has 32 heavy (non-hydrogen) atoms. The Hall–Kier alpha value is -3.33. The average Bonchev–Trinajstić information content (AvgIpc) is 3.18. The van der Waals surface area contributed by atoms with Gasteiger partial charge in [-0.3, -0.25) is 4.98 Å². The van der Waals surface area contributed by atoms with Gasteiger partial charge in [-0.25, -0.2) is 4.98 Å². The Kier molecular flexibility index (Phi) is 5.57. The lowest BCUT2D eigenvalue weighted by atomic mass is 10.1. The van der Waals surface area contributed by atoms with Gasteiger partial charge in [-0.15, -0.1) is 10.2 Å². The lowest BCUT2D eigenvalue weighted by molar-refractivity contribution is 0.440.